The average molecular weight is 347 g/mol. The van der Waals surface area contributed by atoms with Gasteiger partial charge in [-0.25, -0.2) is 9.97 Å². The summed E-state index contributed by atoms with van der Waals surface area (Å²) in [6.07, 6.45) is 6.63. The first-order valence-corrected chi connectivity index (χ1v) is 9.24. The number of carbonyl (C=O) groups excluding carboxylic acids is 1. The van der Waals surface area contributed by atoms with E-state index in [-0.39, 0.29) is 17.4 Å². The summed E-state index contributed by atoms with van der Waals surface area (Å²) in [5.74, 6) is 0.547. The normalized spacial score (nSPS) is 23.8. The highest BCUT2D eigenvalue weighted by Gasteiger charge is 2.33. The third-order valence-corrected chi connectivity index (χ3v) is 5.13. The van der Waals surface area contributed by atoms with Gasteiger partial charge in [0.1, 0.15) is 0 Å². The molecular formula is C18H29N5O2. The summed E-state index contributed by atoms with van der Waals surface area (Å²) in [4.78, 5) is 23.0. The summed E-state index contributed by atoms with van der Waals surface area (Å²) in [6.45, 7) is 9.26. The highest BCUT2D eigenvalue weighted by molar-refractivity contribution is 5.93. The fraction of sp³-hybridized carbons (Fsp3) is 0.722. The van der Waals surface area contributed by atoms with Gasteiger partial charge < -0.3 is 20.3 Å². The molecule has 0 aromatic carbocycles. The first-order valence-electron chi connectivity index (χ1n) is 9.24. The standard InChI is InChI=1S/C18H29N5O2/c1-18(2)5-3-10-25-15(18)13-22-17-20-11-14(12-21-17)16(24)23-8-4-6-19-7-9-23/h11-12,15,19H,3-10,13H2,1-2H3,(H,20,21,22). The van der Waals surface area contributed by atoms with Crippen LogP contribution in [0.1, 0.15) is 43.5 Å². The predicted molar refractivity (Wildman–Crippen MR) is 96.7 cm³/mol. The number of ether oxygens (including phenoxy) is 1. The SMILES string of the molecule is CC1(C)CCCOC1CNc1ncc(C(=O)N2CCCNCC2)cn1. The van der Waals surface area contributed by atoms with Crippen LogP contribution in [0.3, 0.4) is 0 Å². The molecule has 1 aromatic rings. The molecule has 0 aliphatic carbocycles. The van der Waals surface area contributed by atoms with Gasteiger partial charge in [-0.05, 0) is 31.2 Å². The minimum atomic E-state index is 0.00648. The van der Waals surface area contributed by atoms with Crippen molar-refractivity contribution in [3.8, 4) is 0 Å². The van der Waals surface area contributed by atoms with E-state index in [2.05, 4.69) is 34.4 Å². The Bertz CT molecular complexity index is 567. The minimum absolute atomic E-state index is 0.00648. The van der Waals surface area contributed by atoms with Crippen LogP contribution in [-0.4, -0.2) is 66.2 Å². The average Bonchev–Trinajstić information content (AvgIpc) is 2.90. The van der Waals surface area contributed by atoms with E-state index in [0.29, 0.717) is 18.1 Å². The zero-order valence-electron chi connectivity index (χ0n) is 15.3. The molecule has 2 aliphatic rings. The Morgan fingerprint density at radius 1 is 1.32 bits per heavy atom. The Morgan fingerprint density at radius 2 is 2.12 bits per heavy atom. The van der Waals surface area contributed by atoms with Gasteiger partial charge in [-0.2, -0.15) is 0 Å². The first kappa shape index (κ1) is 18.1. The zero-order valence-corrected chi connectivity index (χ0v) is 15.3. The lowest BCUT2D eigenvalue weighted by Crippen LogP contribution is -2.41. The summed E-state index contributed by atoms with van der Waals surface area (Å²) in [7, 11) is 0. The maximum Gasteiger partial charge on any atom is 0.257 e. The van der Waals surface area contributed by atoms with E-state index in [4.69, 9.17) is 4.74 Å². The van der Waals surface area contributed by atoms with Crippen molar-refractivity contribution in [3.05, 3.63) is 18.0 Å². The number of hydrogen-bond donors (Lipinski definition) is 2. The molecule has 2 aliphatic heterocycles. The first-order chi connectivity index (χ1) is 12.1. The number of rotatable bonds is 4. The molecule has 3 rings (SSSR count). The van der Waals surface area contributed by atoms with E-state index < -0.39 is 0 Å². The van der Waals surface area contributed by atoms with Gasteiger partial charge in [-0.3, -0.25) is 4.79 Å². The summed E-state index contributed by atoms with van der Waals surface area (Å²) in [6, 6.07) is 0. The Labute approximate surface area is 149 Å². The second kappa shape index (κ2) is 8.10. The second-order valence-electron chi connectivity index (χ2n) is 7.52. The summed E-state index contributed by atoms with van der Waals surface area (Å²) >= 11 is 0. The fourth-order valence-corrected chi connectivity index (χ4v) is 3.42. The highest BCUT2D eigenvalue weighted by Crippen LogP contribution is 2.33. The number of nitrogens with zero attached hydrogens (tertiary/aromatic N) is 3. The van der Waals surface area contributed by atoms with Crippen LogP contribution in [0.2, 0.25) is 0 Å². The van der Waals surface area contributed by atoms with E-state index >= 15 is 0 Å². The molecule has 0 spiro atoms. The Hall–Kier alpha value is -1.73. The van der Waals surface area contributed by atoms with E-state index in [1.54, 1.807) is 12.4 Å². The number of hydrogen-bond acceptors (Lipinski definition) is 6. The van der Waals surface area contributed by atoms with Crippen LogP contribution in [0.15, 0.2) is 12.4 Å². The third kappa shape index (κ3) is 4.67. The van der Waals surface area contributed by atoms with Crippen LogP contribution in [0.25, 0.3) is 0 Å². The number of carbonyl (C=O) groups is 1. The molecule has 2 fully saturated rings. The van der Waals surface area contributed by atoms with Gasteiger partial charge in [0.05, 0.1) is 11.7 Å². The van der Waals surface area contributed by atoms with Gasteiger partial charge in [0.15, 0.2) is 0 Å². The predicted octanol–water partition coefficient (Wildman–Crippen LogP) is 1.53. The zero-order chi connectivity index (χ0) is 17.7. The van der Waals surface area contributed by atoms with Crippen molar-refractivity contribution in [1.82, 2.24) is 20.2 Å². The third-order valence-electron chi connectivity index (χ3n) is 5.13. The monoisotopic (exact) mass is 347 g/mol. The second-order valence-corrected chi connectivity index (χ2v) is 7.52. The summed E-state index contributed by atoms with van der Waals surface area (Å²) in [5.41, 5.74) is 0.698. The molecule has 1 aromatic heterocycles. The van der Waals surface area contributed by atoms with Crippen LogP contribution >= 0.6 is 0 Å². The molecular weight excluding hydrogens is 318 g/mol. The summed E-state index contributed by atoms with van der Waals surface area (Å²) in [5, 5.41) is 6.54. The van der Waals surface area contributed by atoms with Gasteiger partial charge in [-0.1, -0.05) is 13.8 Å². The van der Waals surface area contributed by atoms with E-state index in [1.807, 2.05) is 4.90 Å². The van der Waals surface area contributed by atoms with Crippen LogP contribution in [0.5, 0.6) is 0 Å². The van der Waals surface area contributed by atoms with Gasteiger partial charge in [-0.15, -0.1) is 0 Å². The fourth-order valence-electron chi connectivity index (χ4n) is 3.42. The van der Waals surface area contributed by atoms with E-state index in [9.17, 15) is 4.79 Å². The molecule has 7 heteroatoms. The lowest BCUT2D eigenvalue weighted by Gasteiger charge is -2.38. The molecule has 2 N–H and O–H groups in total. The van der Waals surface area contributed by atoms with Crippen molar-refractivity contribution in [2.24, 2.45) is 5.41 Å². The van der Waals surface area contributed by atoms with Crippen LogP contribution in [-0.2, 0) is 4.74 Å². The number of amides is 1. The van der Waals surface area contributed by atoms with Crippen molar-refractivity contribution in [3.63, 3.8) is 0 Å². The molecule has 0 bridgehead atoms. The Balaban J connectivity index is 1.55. The number of anilines is 1. The number of nitrogens with one attached hydrogen (secondary N) is 2. The molecule has 7 nitrogen and oxygen atoms in total. The van der Waals surface area contributed by atoms with Crippen LogP contribution in [0.4, 0.5) is 5.95 Å². The van der Waals surface area contributed by atoms with Crippen molar-refractivity contribution in [2.45, 2.75) is 39.2 Å². The molecule has 2 saturated heterocycles. The Morgan fingerprint density at radius 3 is 2.88 bits per heavy atom. The number of aromatic nitrogens is 2. The molecule has 1 atom stereocenters. The Kier molecular flexibility index (Phi) is 5.86. The van der Waals surface area contributed by atoms with Crippen molar-refractivity contribution < 1.29 is 9.53 Å². The quantitative estimate of drug-likeness (QED) is 0.860. The summed E-state index contributed by atoms with van der Waals surface area (Å²) < 4.78 is 5.88. The lowest BCUT2D eigenvalue weighted by atomic mass is 9.80. The molecule has 25 heavy (non-hydrogen) atoms. The molecule has 1 unspecified atom stereocenters. The van der Waals surface area contributed by atoms with Crippen molar-refractivity contribution in [1.29, 1.82) is 0 Å². The molecule has 0 saturated carbocycles. The van der Waals surface area contributed by atoms with Gasteiger partial charge >= 0.3 is 0 Å². The molecule has 3 heterocycles. The topological polar surface area (TPSA) is 79.4 Å². The maximum atomic E-state index is 12.5. The minimum Gasteiger partial charge on any atom is -0.376 e. The molecule has 138 valence electrons. The largest absolute Gasteiger partial charge is 0.376 e. The highest BCUT2D eigenvalue weighted by atomic mass is 16.5. The lowest BCUT2D eigenvalue weighted by molar-refractivity contribution is -0.0589. The maximum absolute atomic E-state index is 12.5. The van der Waals surface area contributed by atoms with Gasteiger partial charge in [0.2, 0.25) is 5.95 Å². The van der Waals surface area contributed by atoms with Crippen molar-refractivity contribution in [2.75, 3.05) is 44.6 Å². The smallest absolute Gasteiger partial charge is 0.257 e. The van der Waals surface area contributed by atoms with Crippen LogP contribution < -0.4 is 10.6 Å². The molecule has 0 radical (unpaired) electrons. The van der Waals surface area contributed by atoms with Gasteiger partial charge in [0, 0.05) is 45.2 Å². The van der Waals surface area contributed by atoms with Crippen LogP contribution in [0, 0.1) is 5.41 Å². The van der Waals surface area contributed by atoms with E-state index in [1.165, 1.54) is 6.42 Å². The molecule has 1 amide bonds. The van der Waals surface area contributed by atoms with Gasteiger partial charge in [0.25, 0.3) is 5.91 Å². The van der Waals surface area contributed by atoms with E-state index in [0.717, 1.165) is 45.6 Å². The van der Waals surface area contributed by atoms with Crippen molar-refractivity contribution >= 4 is 11.9 Å².